The number of carbonyl (C=O) groups is 1. The predicted octanol–water partition coefficient (Wildman–Crippen LogP) is 3.65. The Balaban J connectivity index is 1.85. The van der Waals surface area contributed by atoms with E-state index in [1.54, 1.807) is 0 Å². The molecular formula is C18H28N2O. The predicted molar refractivity (Wildman–Crippen MR) is 88.5 cm³/mol. The maximum Gasteiger partial charge on any atom is 0.240 e. The van der Waals surface area contributed by atoms with Gasteiger partial charge in [-0.25, -0.2) is 0 Å². The summed E-state index contributed by atoms with van der Waals surface area (Å²) in [5, 5.41) is 0. The van der Waals surface area contributed by atoms with Gasteiger partial charge in [0.1, 0.15) is 6.04 Å². The Morgan fingerprint density at radius 1 is 1.19 bits per heavy atom. The van der Waals surface area contributed by atoms with Gasteiger partial charge in [0.15, 0.2) is 0 Å². The van der Waals surface area contributed by atoms with E-state index in [0.29, 0.717) is 0 Å². The van der Waals surface area contributed by atoms with Crippen LogP contribution in [0.2, 0.25) is 0 Å². The Morgan fingerprint density at radius 2 is 1.90 bits per heavy atom. The lowest BCUT2D eigenvalue weighted by Gasteiger charge is -2.24. The van der Waals surface area contributed by atoms with Crippen molar-refractivity contribution in [3.8, 4) is 0 Å². The van der Waals surface area contributed by atoms with E-state index in [0.717, 1.165) is 31.5 Å². The van der Waals surface area contributed by atoms with Crippen molar-refractivity contribution in [3.05, 3.63) is 29.8 Å². The van der Waals surface area contributed by atoms with Gasteiger partial charge < -0.3 is 10.6 Å². The molecule has 1 saturated heterocycles. The van der Waals surface area contributed by atoms with Gasteiger partial charge in [-0.2, -0.15) is 0 Å². The average Bonchev–Trinajstić information content (AvgIpc) is 2.97. The Hall–Kier alpha value is -1.51. The topological polar surface area (TPSA) is 46.3 Å². The standard InChI is InChI=1S/C18H28N2O/c1-2-3-4-5-6-8-15-10-12-16(13-11-15)20-14-7-9-17(20)18(19)21/h10-13,17H,2-9,14H2,1H3,(H2,19,21)/t17-/m0/s1. The summed E-state index contributed by atoms with van der Waals surface area (Å²) in [6.07, 6.45) is 9.68. The van der Waals surface area contributed by atoms with Crippen molar-refractivity contribution in [3.63, 3.8) is 0 Å². The summed E-state index contributed by atoms with van der Waals surface area (Å²) in [6, 6.07) is 8.56. The molecule has 2 rings (SSSR count). The number of amides is 1. The first-order valence-electron chi connectivity index (χ1n) is 8.37. The molecule has 3 heteroatoms. The quantitative estimate of drug-likeness (QED) is 0.742. The zero-order chi connectivity index (χ0) is 15.1. The average molecular weight is 288 g/mol. The third kappa shape index (κ3) is 4.48. The SMILES string of the molecule is CCCCCCCc1ccc(N2CCC[C@H]2C(N)=O)cc1. The first kappa shape index (κ1) is 15.9. The molecule has 0 saturated carbocycles. The summed E-state index contributed by atoms with van der Waals surface area (Å²) in [7, 11) is 0. The maximum atomic E-state index is 11.5. The fourth-order valence-electron chi connectivity index (χ4n) is 3.16. The molecule has 0 spiro atoms. The van der Waals surface area contributed by atoms with Crippen LogP contribution in [-0.4, -0.2) is 18.5 Å². The van der Waals surface area contributed by atoms with Crippen molar-refractivity contribution in [2.75, 3.05) is 11.4 Å². The second kappa shape index (κ2) is 8.06. The fraction of sp³-hybridized carbons (Fsp3) is 0.611. The van der Waals surface area contributed by atoms with Crippen LogP contribution in [0.5, 0.6) is 0 Å². The number of benzene rings is 1. The molecule has 1 aromatic rings. The molecular weight excluding hydrogens is 260 g/mol. The highest BCUT2D eigenvalue weighted by molar-refractivity contribution is 5.84. The molecule has 116 valence electrons. The van der Waals surface area contributed by atoms with Crippen LogP contribution in [-0.2, 0) is 11.2 Å². The van der Waals surface area contributed by atoms with Gasteiger partial charge >= 0.3 is 0 Å². The van der Waals surface area contributed by atoms with Gasteiger partial charge in [0.25, 0.3) is 0 Å². The van der Waals surface area contributed by atoms with Gasteiger partial charge in [0.05, 0.1) is 0 Å². The van der Waals surface area contributed by atoms with Gasteiger partial charge in [-0.3, -0.25) is 4.79 Å². The first-order chi connectivity index (χ1) is 10.2. The zero-order valence-corrected chi connectivity index (χ0v) is 13.2. The lowest BCUT2D eigenvalue weighted by atomic mass is 10.0. The highest BCUT2D eigenvalue weighted by Gasteiger charge is 2.28. The lowest BCUT2D eigenvalue weighted by Crippen LogP contribution is -2.40. The molecule has 1 atom stereocenters. The van der Waals surface area contributed by atoms with Crippen LogP contribution in [0.3, 0.4) is 0 Å². The molecule has 1 amide bonds. The number of rotatable bonds is 8. The van der Waals surface area contributed by atoms with Gasteiger partial charge in [0, 0.05) is 12.2 Å². The number of nitrogens with zero attached hydrogens (tertiary/aromatic N) is 1. The molecule has 0 bridgehead atoms. The smallest absolute Gasteiger partial charge is 0.240 e. The van der Waals surface area contributed by atoms with E-state index in [4.69, 9.17) is 5.73 Å². The molecule has 0 aromatic heterocycles. The number of unbranched alkanes of at least 4 members (excludes halogenated alkanes) is 4. The minimum absolute atomic E-state index is 0.120. The van der Waals surface area contributed by atoms with Crippen LogP contribution in [0.4, 0.5) is 5.69 Å². The van der Waals surface area contributed by atoms with Crippen molar-refractivity contribution in [2.45, 2.75) is 64.3 Å². The van der Waals surface area contributed by atoms with Gasteiger partial charge in [-0.1, -0.05) is 44.7 Å². The van der Waals surface area contributed by atoms with Gasteiger partial charge in [-0.05, 0) is 43.4 Å². The Morgan fingerprint density at radius 3 is 2.57 bits per heavy atom. The molecule has 0 unspecified atom stereocenters. The molecule has 1 aliphatic heterocycles. The van der Waals surface area contributed by atoms with Gasteiger partial charge in [0.2, 0.25) is 5.91 Å². The Kier molecular flexibility index (Phi) is 6.09. The molecule has 1 fully saturated rings. The number of hydrogen-bond acceptors (Lipinski definition) is 2. The highest BCUT2D eigenvalue weighted by atomic mass is 16.1. The van der Waals surface area contributed by atoms with E-state index >= 15 is 0 Å². The van der Waals surface area contributed by atoms with Crippen LogP contribution in [0.1, 0.15) is 57.4 Å². The largest absolute Gasteiger partial charge is 0.368 e. The van der Waals surface area contributed by atoms with E-state index in [-0.39, 0.29) is 11.9 Å². The lowest BCUT2D eigenvalue weighted by molar-refractivity contribution is -0.119. The molecule has 3 nitrogen and oxygen atoms in total. The Bertz CT molecular complexity index is 441. The normalized spacial score (nSPS) is 18.1. The van der Waals surface area contributed by atoms with Crippen LogP contribution in [0.15, 0.2) is 24.3 Å². The number of hydrogen-bond donors (Lipinski definition) is 1. The second-order valence-electron chi connectivity index (χ2n) is 6.08. The van der Waals surface area contributed by atoms with Crippen molar-refractivity contribution in [1.82, 2.24) is 0 Å². The van der Waals surface area contributed by atoms with Crippen molar-refractivity contribution in [1.29, 1.82) is 0 Å². The van der Waals surface area contributed by atoms with Crippen LogP contribution < -0.4 is 10.6 Å². The summed E-state index contributed by atoms with van der Waals surface area (Å²) in [4.78, 5) is 13.6. The van der Waals surface area contributed by atoms with Crippen molar-refractivity contribution in [2.24, 2.45) is 5.73 Å². The summed E-state index contributed by atoms with van der Waals surface area (Å²) in [6.45, 7) is 3.18. The summed E-state index contributed by atoms with van der Waals surface area (Å²) < 4.78 is 0. The molecule has 1 heterocycles. The van der Waals surface area contributed by atoms with E-state index in [9.17, 15) is 4.79 Å². The molecule has 21 heavy (non-hydrogen) atoms. The minimum atomic E-state index is -0.201. The number of aryl methyl sites for hydroxylation is 1. The van der Waals surface area contributed by atoms with Crippen molar-refractivity contribution < 1.29 is 4.79 Å². The summed E-state index contributed by atoms with van der Waals surface area (Å²) in [5.41, 5.74) is 8.00. The van der Waals surface area contributed by atoms with Crippen LogP contribution in [0.25, 0.3) is 0 Å². The molecule has 0 aliphatic carbocycles. The van der Waals surface area contributed by atoms with Crippen molar-refractivity contribution >= 4 is 11.6 Å². The van der Waals surface area contributed by atoms with Crippen LogP contribution in [0, 0.1) is 0 Å². The van der Waals surface area contributed by atoms with Crippen LogP contribution >= 0.6 is 0 Å². The molecule has 1 aromatic carbocycles. The summed E-state index contributed by atoms with van der Waals surface area (Å²) >= 11 is 0. The zero-order valence-electron chi connectivity index (χ0n) is 13.2. The first-order valence-corrected chi connectivity index (χ1v) is 8.37. The number of primary amides is 1. The minimum Gasteiger partial charge on any atom is -0.368 e. The van der Waals surface area contributed by atoms with E-state index < -0.39 is 0 Å². The third-order valence-electron chi connectivity index (χ3n) is 4.42. The Labute approximate surface area is 128 Å². The number of nitrogens with two attached hydrogens (primary N) is 1. The molecule has 2 N–H and O–H groups in total. The van der Waals surface area contributed by atoms with E-state index in [2.05, 4.69) is 36.1 Å². The van der Waals surface area contributed by atoms with Gasteiger partial charge in [-0.15, -0.1) is 0 Å². The molecule has 0 radical (unpaired) electrons. The maximum absolute atomic E-state index is 11.5. The van der Waals surface area contributed by atoms with E-state index in [1.165, 1.54) is 37.7 Å². The van der Waals surface area contributed by atoms with E-state index in [1.807, 2.05) is 0 Å². The fourth-order valence-corrected chi connectivity index (χ4v) is 3.16. The summed E-state index contributed by atoms with van der Waals surface area (Å²) in [5.74, 6) is -0.201. The number of anilines is 1. The second-order valence-corrected chi connectivity index (χ2v) is 6.08. The number of carbonyl (C=O) groups excluding carboxylic acids is 1. The highest BCUT2D eigenvalue weighted by Crippen LogP contribution is 2.26. The molecule has 1 aliphatic rings. The third-order valence-corrected chi connectivity index (χ3v) is 4.42. The monoisotopic (exact) mass is 288 g/mol.